The standard InChI is InChI=1S/C36H61NO8/c1-19(2)9-8-10-22-18-45-31(21(22)4)32(42)35(7,43)27-12-14-36(44)28-23(11-13-34(27,36)6)33(5)16-26(40)25(39)15-24(33)30(41)29(28)37-17-20(3)38/h19-27,31-32,37-40,42-44H,8-18H2,1-7H3/t20-,21-,22+,23-,24-,25+,26-,27-,31+,32+,33+,34+,35+,36+/m0/s1. The van der Waals surface area contributed by atoms with E-state index >= 15 is 0 Å². The molecule has 0 aromatic carbocycles. The maximum Gasteiger partial charge on any atom is 0.182 e. The molecule has 3 saturated carbocycles. The molecule has 0 spiro atoms. The van der Waals surface area contributed by atoms with E-state index in [4.69, 9.17) is 4.74 Å². The number of carbonyl (C=O) groups is 1. The molecule has 4 aliphatic carbocycles. The number of hydrogen-bond acceptors (Lipinski definition) is 9. The number of ketones is 1. The summed E-state index contributed by atoms with van der Waals surface area (Å²) in [4.78, 5) is 14.2. The van der Waals surface area contributed by atoms with Gasteiger partial charge in [-0.3, -0.25) is 4.79 Å². The minimum atomic E-state index is -1.55. The molecule has 1 heterocycles. The molecule has 0 amide bonds. The van der Waals surface area contributed by atoms with Gasteiger partial charge < -0.3 is 40.7 Å². The van der Waals surface area contributed by atoms with Crippen molar-refractivity contribution >= 4 is 5.78 Å². The van der Waals surface area contributed by atoms with Crippen LogP contribution in [0.5, 0.6) is 0 Å². The average molecular weight is 636 g/mol. The number of carbonyl (C=O) groups excluding carboxylic acids is 1. The van der Waals surface area contributed by atoms with Gasteiger partial charge in [-0.1, -0.05) is 47.5 Å². The summed E-state index contributed by atoms with van der Waals surface area (Å²) in [6.07, 6.45) is 1.36. The van der Waals surface area contributed by atoms with Crippen LogP contribution in [-0.4, -0.2) is 91.3 Å². The second-order valence-corrected chi connectivity index (χ2v) is 16.9. The molecule has 14 atom stereocenters. The Morgan fingerprint density at radius 3 is 2.40 bits per heavy atom. The van der Waals surface area contributed by atoms with Crippen molar-refractivity contribution in [2.45, 2.75) is 148 Å². The normalized spacial score (nSPS) is 46.0. The molecule has 7 N–H and O–H groups in total. The number of Topliss-reactive ketones (excluding diaryl/α,β-unsaturated/α-hetero) is 1. The topological polar surface area (TPSA) is 160 Å². The Morgan fingerprint density at radius 2 is 1.76 bits per heavy atom. The van der Waals surface area contributed by atoms with Crippen molar-refractivity contribution in [1.82, 2.24) is 5.32 Å². The van der Waals surface area contributed by atoms with Crippen molar-refractivity contribution in [3.8, 4) is 0 Å². The quantitative estimate of drug-likeness (QED) is 0.192. The van der Waals surface area contributed by atoms with Gasteiger partial charge >= 0.3 is 0 Å². The number of hydrogen-bond donors (Lipinski definition) is 7. The first kappa shape index (κ1) is 35.2. The number of aliphatic hydroxyl groups is 6. The van der Waals surface area contributed by atoms with Crippen LogP contribution in [0.2, 0.25) is 0 Å². The van der Waals surface area contributed by atoms with Gasteiger partial charge in [0, 0.05) is 17.9 Å². The summed E-state index contributed by atoms with van der Waals surface area (Å²) in [7, 11) is 0. The van der Waals surface area contributed by atoms with Crippen LogP contribution in [0.1, 0.15) is 106 Å². The molecule has 258 valence electrons. The molecule has 5 aliphatic rings. The van der Waals surface area contributed by atoms with Crippen LogP contribution < -0.4 is 5.32 Å². The molecule has 0 radical (unpaired) electrons. The smallest absolute Gasteiger partial charge is 0.182 e. The van der Waals surface area contributed by atoms with Gasteiger partial charge in [0.25, 0.3) is 0 Å². The lowest BCUT2D eigenvalue weighted by molar-refractivity contribution is -0.195. The zero-order valence-corrected chi connectivity index (χ0v) is 28.6. The minimum Gasteiger partial charge on any atom is -0.392 e. The molecule has 0 bridgehead atoms. The van der Waals surface area contributed by atoms with E-state index in [2.05, 4.69) is 26.1 Å². The van der Waals surface area contributed by atoms with E-state index in [-0.39, 0.29) is 37.0 Å². The maximum absolute atomic E-state index is 14.2. The highest BCUT2D eigenvalue weighted by Gasteiger charge is 2.71. The summed E-state index contributed by atoms with van der Waals surface area (Å²) in [5, 5.41) is 71.7. The van der Waals surface area contributed by atoms with E-state index in [0.717, 1.165) is 19.3 Å². The van der Waals surface area contributed by atoms with Crippen LogP contribution in [0.15, 0.2) is 11.3 Å². The van der Waals surface area contributed by atoms with E-state index in [9.17, 15) is 35.4 Å². The van der Waals surface area contributed by atoms with Gasteiger partial charge in [0.1, 0.15) is 6.10 Å². The number of rotatable bonds is 10. The van der Waals surface area contributed by atoms with E-state index < -0.39 is 64.4 Å². The van der Waals surface area contributed by atoms with Crippen LogP contribution in [0.25, 0.3) is 0 Å². The average Bonchev–Trinajstić information content (AvgIpc) is 3.45. The van der Waals surface area contributed by atoms with E-state index in [0.29, 0.717) is 55.4 Å². The van der Waals surface area contributed by atoms with Gasteiger partial charge in [-0.15, -0.1) is 0 Å². The number of aliphatic hydroxyl groups excluding tert-OH is 4. The Kier molecular flexibility index (Phi) is 9.73. The lowest BCUT2D eigenvalue weighted by Gasteiger charge is -2.61. The summed E-state index contributed by atoms with van der Waals surface area (Å²) < 4.78 is 6.20. The Bertz CT molecular complexity index is 1140. The van der Waals surface area contributed by atoms with E-state index in [1.807, 2.05) is 13.8 Å². The highest BCUT2D eigenvalue weighted by molar-refractivity contribution is 5.99. The molecule has 5 rings (SSSR count). The number of nitrogens with one attached hydrogen (secondary N) is 1. The Labute approximate surface area is 269 Å². The van der Waals surface area contributed by atoms with Crippen molar-refractivity contribution in [3.05, 3.63) is 11.3 Å². The third kappa shape index (κ3) is 5.64. The first-order valence-corrected chi connectivity index (χ1v) is 17.7. The SMILES string of the molecule is CC(C)CCC[C@@H]1CO[C@@H]([C@@H](O)[C@](C)(O)[C@H]2CC[C@@]3(O)C4=C(NC[C@H](C)O)C(=O)[C@@H]5C[C@@H](O)[C@@H](O)C[C@]5(C)[C@H]4CC[C@]23C)[C@H]1C. The highest BCUT2D eigenvalue weighted by Crippen LogP contribution is 2.69. The maximum atomic E-state index is 14.2. The fourth-order valence-electron chi connectivity index (χ4n) is 10.7. The second-order valence-electron chi connectivity index (χ2n) is 16.9. The summed E-state index contributed by atoms with van der Waals surface area (Å²) in [5.74, 6) is -0.359. The molecule has 9 heteroatoms. The summed E-state index contributed by atoms with van der Waals surface area (Å²) in [5.41, 5.74) is -3.57. The van der Waals surface area contributed by atoms with Crippen molar-refractivity contribution in [1.29, 1.82) is 0 Å². The van der Waals surface area contributed by atoms with Gasteiger partial charge in [-0.25, -0.2) is 0 Å². The predicted octanol–water partition coefficient (Wildman–Crippen LogP) is 3.08. The number of ether oxygens (including phenoxy) is 1. The third-order valence-electron chi connectivity index (χ3n) is 13.6. The molecule has 9 nitrogen and oxygen atoms in total. The first-order valence-electron chi connectivity index (χ1n) is 17.7. The third-order valence-corrected chi connectivity index (χ3v) is 13.6. The van der Waals surface area contributed by atoms with Crippen molar-refractivity contribution < 1.29 is 40.2 Å². The lowest BCUT2D eigenvalue weighted by atomic mass is 9.45. The fourth-order valence-corrected chi connectivity index (χ4v) is 10.7. The molecule has 0 unspecified atom stereocenters. The number of allylic oxidation sites excluding steroid dienone is 1. The molecule has 45 heavy (non-hydrogen) atoms. The first-order chi connectivity index (χ1) is 20.9. The summed E-state index contributed by atoms with van der Waals surface area (Å²) in [6.45, 7) is 14.6. The van der Waals surface area contributed by atoms with Crippen molar-refractivity contribution in [3.63, 3.8) is 0 Å². The van der Waals surface area contributed by atoms with Gasteiger partial charge in [0.05, 0.1) is 47.9 Å². The molecular formula is C36H61NO8. The molecule has 0 aromatic heterocycles. The van der Waals surface area contributed by atoms with E-state index in [1.165, 1.54) is 0 Å². The van der Waals surface area contributed by atoms with Gasteiger partial charge in [0.15, 0.2) is 5.78 Å². The van der Waals surface area contributed by atoms with Gasteiger partial charge in [-0.05, 0) is 99.4 Å². The zero-order valence-electron chi connectivity index (χ0n) is 28.6. The molecule has 1 aliphatic heterocycles. The van der Waals surface area contributed by atoms with Gasteiger partial charge in [0.2, 0.25) is 0 Å². The summed E-state index contributed by atoms with van der Waals surface area (Å²) >= 11 is 0. The van der Waals surface area contributed by atoms with Crippen molar-refractivity contribution in [2.75, 3.05) is 13.2 Å². The van der Waals surface area contributed by atoms with E-state index in [1.54, 1.807) is 13.8 Å². The van der Waals surface area contributed by atoms with Crippen LogP contribution in [0.4, 0.5) is 0 Å². The van der Waals surface area contributed by atoms with Crippen LogP contribution >= 0.6 is 0 Å². The number of fused-ring (bicyclic) bond motifs is 5. The predicted molar refractivity (Wildman–Crippen MR) is 171 cm³/mol. The fraction of sp³-hybridized carbons (Fsp3) is 0.917. The summed E-state index contributed by atoms with van der Waals surface area (Å²) in [6, 6.07) is 0. The monoisotopic (exact) mass is 635 g/mol. The Morgan fingerprint density at radius 1 is 1.07 bits per heavy atom. The molecule has 4 fully saturated rings. The Hall–Kier alpha value is -1.07. The molecular weight excluding hydrogens is 574 g/mol. The zero-order chi connectivity index (χ0) is 33.3. The molecule has 0 aromatic rings. The van der Waals surface area contributed by atoms with Crippen LogP contribution in [-0.2, 0) is 9.53 Å². The Balaban J connectivity index is 1.47. The van der Waals surface area contributed by atoms with Crippen LogP contribution in [0.3, 0.4) is 0 Å². The highest BCUT2D eigenvalue weighted by atomic mass is 16.5. The lowest BCUT2D eigenvalue weighted by Crippen LogP contribution is -2.65. The second kappa shape index (κ2) is 12.4. The minimum absolute atomic E-state index is 0.0855. The largest absolute Gasteiger partial charge is 0.392 e. The van der Waals surface area contributed by atoms with Crippen LogP contribution in [0, 0.1) is 46.3 Å². The van der Waals surface area contributed by atoms with Gasteiger partial charge in [-0.2, -0.15) is 0 Å². The van der Waals surface area contributed by atoms with Crippen molar-refractivity contribution in [2.24, 2.45) is 46.3 Å². The molecule has 1 saturated heterocycles.